The van der Waals surface area contributed by atoms with Crippen molar-refractivity contribution in [3.05, 3.63) is 35.9 Å². The molecule has 1 aliphatic heterocycles. The fraction of sp³-hybridized carbons (Fsp3) is 0.538. The minimum atomic E-state index is 0.235. The Bertz CT molecular complexity index is 307. The summed E-state index contributed by atoms with van der Waals surface area (Å²) >= 11 is 0. The van der Waals surface area contributed by atoms with Crippen LogP contribution in [0.4, 0.5) is 0 Å². The second-order valence-corrected chi connectivity index (χ2v) is 4.57. The first kappa shape index (κ1) is 11.6. The summed E-state index contributed by atoms with van der Waals surface area (Å²) in [5.74, 6) is 6.58. The van der Waals surface area contributed by atoms with Crippen LogP contribution >= 0.6 is 0 Å². The van der Waals surface area contributed by atoms with Crippen molar-refractivity contribution in [2.75, 3.05) is 19.7 Å². The van der Waals surface area contributed by atoms with Crippen LogP contribution in [0, 0.1) is 5.92 Å². The van der Waals surface area contributed by atoms with Crippen LogP contribution in [-0.4, -0.2) is 29.8 Å². The lowest BCUT2D eigenvalue weighted by atomic mass is 9.81. The first-order valence-corrected chi connectivity index (χ1v) is 5.96. The molecule has 88 valence electrons. The number of nitrogens with two attached hydrogens (primary N) is 1. The maximum Gasteiger partial charge on any atom is 0.0502 e. The third-order valence-corrected chi connectivity index (χ3v) is 3.57. The van der Waals surface area contributed by atoms with E-state index in [9.17, 15) is 5.11 Å². The van der Waals surface area contributed by atoms with Crippen molar-refractivity contribution >= 4 is 0 Å². The van der Waals surface area contributed by atoms with Crippen molar-refractivity contribution < 1.29 is 5.11 Å². The zero-order valence-electron chi connectivity index (χ0n) is 9.55. The Morgan fingerprint density at radius 1 is 1.25 bits per heavy atom. The minimum absolute atomic E-state index is 0.235. The van der Waals surface area contributed by atoms with Gasteiger partial charge in [0.1, 0.15) is 0 Å². The van der Waals surface area contributed by atoms with Crippen LogP contribution in [0.15, 0.2) is 30.3 Å². The summed E-state index contributed by atoms with van der Waals surface area (Å²) < 4.78 is 0. The Kier molecular flexibility index (Phi) is 3.93. The summed E-state index contributed by atoms with van der Waals surface area (Å²) in [4.78, 5) is 0. The van der Waals surface area contributed by atoms with Crippen molar-refractivity contribution in [3.8, 4) is 0 Å². The van der Waals surface area contributed by atoms with Gasteiger partial charge in [0, 0.05) is 19.0 Å². The first-order chi connectivity index (χ1) is 7.81. The maximum absolute atomic E-state index is 9.55. The van der Waals surface area contributed by atoms with E-state index in [-0.39, 0.29) is 12.5 Å². The number of hydrogen-bond acceptors (Lipinski definition) is 3. The molecule has 0 aromatic heterocycles. The third-order valence-electron chi connectivity index (χ3n) is 3.57. The molecule has 3 N–H and O–H groups in total. The van der Waals surface area contributed by atoms with E-state index < -0.39 is 0 Å². The Labute approximate surface area is 96.8 Å². The number of benzene rings is 1. The molecule has 1 aromatic rings. The Morgan fingerprint density at radius 3 is 2.44 bits per heavy atom. The second-order valence-electron chi connectivity index (χ2n) is 4.57. The van der Waals surface area contributed by atoms with Gasteiger partial charge in [-0.15, -0.1) is 0 Å². The molecule has 1 atom stereocenters. The quantitative estimate of drug-likeness (QED) is 0.756. The van der Waals surface area contributed by atoms with Crippen LogP contribution in [0.1, 0.15) is 24.3 Å². The highest BCUT2D eigenvalue weighted by molar-refractivity contribution is 5.20. The molecule has 0 amide bonds. The van der Waals surface area contributed by atoms with E-state index in [0.29, 0.717) is 5.92 Å². The standard InChI is InChI=1S/C13H20N2O/c14-15-8-6-12(7-9-15)13(10-16)11-4-2-1-3-5-11/h1-5,12-13,16H,6-10,14H2. The van der Waals surface area contributed by atoms with Crippen LogP contribution in [0.2, 0.25) is 0 Å². The summed E-state index contributed by atoms with van der Waals surface area (Å²) in [5.41, 5.74) is 1.25. The van der Waals surface area contributed by atoms with Gasteiger partial charge in [-0.3, -0.25) is 5.84 Å². The van der Waals surface area contributed by atoms with Gasteiger partial charge < -0.3 is 5.11 Å². The van der Waals surface area contributed by atoms with Gasteiger partial charge in [-0.1, -0.05) is 30.3 Å². The molecule has 0 spiro atoms. The minimum Gasteiger partial charge on any atom is -0.396 e. The van der Waals surface area contributed by atoms with Crippen molar-refractivity contribution in [1.82, 2.24) is 5.01 Å². The fourth-order valence-corrected chi connectivity index (χ4v) is 2.55. The molecule has 1 aromatic carbocycles. The van der Waals surface area contributed by atoms with Crippen molar-refractivity contribution in [2.24, 2.45) is 11.8 Å². The topological polar surface area (TPSA) is 49.5 Å². The van der Waals surface area contributed by atoms with E-state index in [2.05, 4.69) is 12.1 Å². The molecular formula is C13H20N2O. The smallest absolute Gasteiger partial charge is 0.0502 e. The number of hydrogen-bond donors (Lipinski definition) is 2. The highest BCUT2D eigenvalue weighted by atomic mass is 16.3. The summed E-state index contributed by atoms with van der Waals surface area (Å²) in [7, 11) is 0. The Balaban J connectivity index is 2.05. The van der Waals surface area contributed by atoms with Crippen LogP contribution in [0.5, 0.6) is 0 Å². The predicted molar refractivity (Wildman–Crippen MR) is 64.8 cm³/mol. The van der Waals surface area contributed by atoms with Crippen LogP contribution < -0.4 is 5.84 Å². The molecule has 16 heavy (non-hydrogen) atoms. The molecule has 0 saturated carbocycles. The van der Waals surface area contributed by atoms with E-state index in [1.807, 2.05) is 23.2 Å². The second kappa shape index (κ2) is 5.43. The van der Waals surface area contributed by atoms with E-state index in [4.69, 9.17) is 5.84 Å². The van der Waals surface area contributed by atoms with Gasteiger partial charge in [0.2, 0.25) is 0 Å². The van der Waals surface area contributed by atoms with E-state index >= 15 is 0 Å². The molecule has 1 saturated heterocycles. The number of piperidine rings is 1. The zero-order chi connectivity index (χ0) is 11.4. The lowest BCUT2D eigenvalue weighted by Crippen LogP contribution is -2.40. The fourth-order valence-electron chi connectivity index (χ4n) is 2.55. The molecule has 3 heteroatoms. The molecular weight excluding hydrogens is 200 g/mol. The van der Waals surface area contributed by atoms with Gasteiger partial charge in [0.25, 0.3) is 0 Å². The number of aliphatic hydroxyl groups is 1. The number of nitrogens with zero attached hydrogens (tertiary/aromatic N) is 1. The molecule has 1 unspecified atom stereocenters. The zero-order valence-corrected chi connectivity index (χ0v) is 9.55. The van der Waals surface area contributed by atoms with Crippen molar-refractivity contribution in [1.29, 1.82) is 0 Å². The van der Waals surface area contributed by atoms with Crippen molar-refractivity contribution in [3.63, 3.8) is 0 Å². The molecule has 1 aliphatic rings. The summed E-state index contributed by atoms with van der Waals surface area (Å²) in [6.07, 6.45) is 2.16. The Morgan fingerprint density at radius 2 is 1.88 bits per heavy atom. The lowest BCUT2D eigenvalue weighted by molar-refractivity contribution is 0.140. The third kappa shape index (κ3) is 2.61. The van der Waals surface area contributed by atoms with E-state index in [1.54, 1.807) is 0 Å². The molecule has 1 heterocycles. The predicted octanol–water partition coefficient (Wildman–Crippen LogP) is 1.35. The molecule has 2 rings (SSSR count). The molecule has 0 radical (unpaired) electrons. The number of hydrazine groups is 1. The van der Waals surface area contributed by atoms with Crippen molar-refractivity contribution in [2.45, 2.75) is 18.8 Å². The number of aliphatic hydroxyl groups excluding tert-OH is 1. The van der Waals surface area contributed by atoms with Gasteiger partial charge in [-0.05, 0) is 24.3 Å². The Hall–Kier alpha value is -0.900. The molecule has 1 fully saturated rings. The van der Waals surface area contributed by atoms with Crippen LogP contribution in [0.25, 0.3) is 0 Å². The highest BCUT2D eigenvalue weighted by Crippen LogP contribution is 2.31. The van der Waals surface area contributed by atoms with Gasteiger partial charge in [0.05, 0.1) is 6.61 Å². The SMILES string of the molecule is NN1CCC(C(CO)c2ccccc2)CC1. The van der Waals surface area contributed by atoms with Gasteiger partial charge in [0.15, 0.2) is 0 Å². The molecule has 3 nitrogen and oxygen atoms in total. The average molecular weight is 220 g/mol. The average Bonchev–Trinajstić information content (AvgIpc) is 2.34. The summed E-state index contributed by atoms with van der Waals surface area (Å²) in [6, 6.07) is 10.3. The summed E-state index contributed by atoms with van der Waals surface area (Å²) in [6.45, 7) is 2.11. The van der Waals surface area contributed by atoms with Gasteiger partial charge in [-0.25, -0.2) is 5.01 Å². The molecule has 0 aliphatic carbocycles. The van der Waals surface area contributed by atoms with Crippen LogP contribution in [-0.2, 0) is 0 Å². The first-order valence-electron chi connectivity index (χ1n) is 5.96. The lowest BCUT2D eigenvalue weighted by Gasteiger charge is -2.33. The largest absolute Gasteiger partial charge is 0.396 e. The number of rotatable bonds is 3. The van der Waals surface area contributed by atoms with Gasteiger partial charge in [-0.2, -0.15) is 0 Å². The monoisotopic (exact) mass is 220 g/mol. The normalized spacial score (nSPS) is 20.9. The highest BCUT2D eigenvalue weighted by Gasteiger charge is 2.25. The van der Waals surface area contributed by atoms with Crippen LogP contribution in [0.3, 0.4) is 0 Å². The van der Waals surface area contributed by atoms with Gasteiger partial charge >= 0.3 is 0 Å². The summed E-state index contributed by atoms with van der Waals surface area (Å²) in [5, 5.41) is 11.4. The molecule has 0 bridgehead atoms. The van der Waals surface area contributed by atoms with E-state index in [0.717, 1.165) is 25.9 Å². The maximum atomic E-state index is 9.55. The van der Waals surface area contributed by atoms with E-state index in [1.165, 1.54) is 5.56 Å².